The first kappa shape index (κ1) is 15.1. The lowest BCUT2D eigenvalue weighted by Crippen LogP contribution is -2.38. The first-order chi connectivity index (χ1) is 10.1. The summed E-state index contributed by atoms with van der Waals surface area (Å²) in [4.78, 5) is 4.38. The Labute approximate surface area is 137 Å². The van der Waals surface area contributed by atoms with Crippen molar-refractivity contribution in [2.45, 2.75) is 37.7 Å². The molecule has 0 atom stereocenters. The Balaban J connectivity index is 1.87. The number of halogens is 2. The van der Waals surface area contributed by atoms with Crippen molar-refractivity contribution in [3.63, 3.8) is 0 Å². The summed E-state index contributed by atoms with van der Waals surface area (Å²) in [5.41, 5.74) is 1.22. The van der Waals surface area contributed by atoms with E-state index in [-0.39, 0.29) is 0 Å². The van der Waals surface area contributed by atoms with Crippen molar-refractivity contribution in [2.75, 3.05) is 11.9 Å². The van der Waals surface area contributed by atoms with Crippen molar-refractivity contribution in [3.05, 3.63) is 33.9 Å². The maximum Gasteiger partial charge on any atom is 0.0819 e. The molecule has 1 aromatic heterocycles. The lowest BCUT2D eigenvalue weighted by Gasteiger charge is -2.32. The van der Waals surface area contributed by atoms with Crippen molar-refractivity contribution < 1.29 is 5.11 Å². The fourth-order valence-electron chi connectivity index (χ4n) is 2.96. The van der Waals surface area contributed by atoms with Crippen molar-refractivity contribution in [2.24, 2.45) is 0 Å². The summed E-state index contributed by atoms with van der Waals surface area (Å²) in [5, 5.41) is 15.7. The van der Waals surface area contributed by atoms with Gasteiger partial charge in [0, 0.05) is 23.2 Å². The smallest absolute Gasteiger partial charge is 0.0819 e. The molecule has 1 aliphatic carbocycles. The lowest BCUT2D eigenvalue weighted by atomic mass is 9.85. The van der Waals surface area contributed by atoms with E-state index in [1.54, 1.807) is 6.20 Å². The van der Waals surface area contributed by atoms with Crippen LogP contribution in [0.3, 0.4) is 0 Å². The van der Waals surface area contributed by atoms with E-state index < -0.39 is 5.60 Å². The molecule has 1 aromatic carbocycles. The van der Waals surface area contributed by atoms with Crippen LogP contribution in [0.15, 0.2) is 28.9 Å². The number of fused-ring (bicyclic) bond motifs is 1. The Morgan fingerprint density at radius 2 is 2.05 bits per heavy atom. The molecule has 1 aliphatic rings. The van der Waals surface area contributed by atoms with Gasteiger partial charge in [0.05, 0.1) is 21.3 Å². The molecule has 1 saturated carbocycles. The number of hydrogen-bond donors (Lipinski definition) is 2. The van der Waals surface area contributed by atoms with E-state index in [2.05, 4.69) is 26.2 Å². The van der Waals surface area contributed by atoms with Gasteiger partial charge in [-0.2, -0.15) is 0 Å². The molecule has 2 aromatic rings. The third-order valence-electron chi connectivity index (χ3n) is 4.16. The molecule has 3 nitrogen and oxygen atoms in total. The van der Waals surface area contributed by atoms with Gasteiger partial charge in [-0.1, -0.05) is 30.9 Å². The number of nitrogens with zero attached hydrogens (tertiary/aromatic N) is 1. The number of rotatable bonds is 3. The van der Waals surface area contributed by atoms with Gasteiger partial charge in [0.2, 0.25) is 0 Å². The van der Waals surface area contributed by atoms with Crippen LogP contribution in [0, 0.1) is 0 Å². The number of nitrogens with one attached hydrogen (secondary N) is 1. The zero-order valence-electron chi connectivity index (χ0n) is 11.7. The van der Waals surface area contributed by atoms with Crippen LogP contribution in [0.25, 0.3) is 10.9 Å². The Hall–Kier alpha value is -0.840. The highest BCUT2D eigenvalue weighted by Gasteiger charge is 2.29. The minimum Gasteiger partial charge on any atom is -0.388 e. The van der Waals surface area contributed by atoms with Crippen LogP contribution < -0.4 is 5.32 Å². The molecule has 0 spiro atoms. The molecule has 0 amide bonds. The second-order valence-corrected chi connectivity index (χ2v) is 7.07. The van der Waals surface area contributed by atoms with Crippen molar-refractivity contribution >= 4 is 44.1 Å². The molecule has 5 heteroatoms. The molecule has 21 heavy (non-hydrogen) atoms. The second-order valence-electron chi connectivity index (χ2n) is 5.78. The number of aromatic nitrogens is 1. The molecule has 2 N–H and O–H groups in total. The van der Waals surface area contributed by atoms with Gasteiger partial charge in [-0.3, -0.25) is 4.98 Å². The normalized spacial score (nSPS) is 17.9. The molecule has 0 radical (unpaired) electrons. The maximum absolute atomic E-state index is 10.6. The van der Waals surface area contributed by atoms with E-state index in [4.69, 9.17) is 11.6 Å². The Kier molecular flexibility index (Phi) is 4.38. The van der Waals surface area contributed by atoms with E-state index in [1.807, 2.05) is 18.2 Å². The summed E-state index contributed by atoms with van der Waals surface area (Å²) in [6.07, 6.45) is 6.94. The van der Waals surface area contributed by atoms with E-state index in [0.29, 0.717) is 11.6 Å². The Morgan fingerprint density at radius 1 is 1.29 bits per heavy atom. The van der Waals surface area contributed by atoms with Crippen molar-refractivity contribution in [1.29, 1.82) is 0 Å². The van der Waals surface area contributed by atoms with Crippen LogP contribution >= 0.6 is 27.5 Å². The van der Waals surface area contributed by atoms with Crippen LogP contribution in [0.2, 0.25) is 5.02 Å². The second kappa shape index (κ2) is 6.11. The van der Waals surface area contributed by atoms with Gasteiger partial charge in [0.1, 0.15) is 0 Å². The summed E-state index contributed by atoms with van der Waals surface area (Å²) >= 11 is 9.56. The monoisotopic (exact) mass is 368 g/mol. The minimum atomic E-state index is -0.598. The first-order valence-corrected chi connectivity index (χ1v) is 8.45. The maximum atomic E-state index is 10.6. The van der Waals surface area contributed by atoms with E-state index in [0.717, 1.165) is 46.7 Å². The lowest BCUT2D eigenvalue weighted by molar-refractivity contribution is 0.0167. The average Bonchev–Trinajstić information content (AvgIpc) is 2.47. The fourth-order valence-corrected chi connectivity index (χ4v) is 3.58. The zero-order chi connectivity index (χ0) is 14.9. The van der Waals surface area contributed by atoms with Crippen LogP contribution in [0.4, 0.5) is 5.69 Å². The summed E-state index contributed by atoms with van der Waals surface area (Å²) in [5.74, 6) is 0. The third-order valence-corrected chi connectivity index (χ3v) is 5.00. The fraction of sp³-hybridized carbons (Fsp3) is 0.438. The van der Waals surface area contributed by atoms with Gasteiger partial charge in [0.25, 0.3) is 0 Å². The summed E-state index contributed by atoms with van der Waals surface area (Å²) in [6.45, 7) is 0.563. The van der Waals surface area contributed by atoms with Gasteiger partial charge in [-0.25, -0.2) is 0 Å². The molecule has 0 saturated heterocycles. The highest BCUT2D eigenvalue weighted by atomic mass is 79.9. The van der Waals surface area contributed by atoms with Crippen LogP contribution in [-0.4, -0.2) is 22.2 Å². The number of benzene rings is 1. The van der Waals surface area contributed by atoms with Crippen LogP contribution in [0.1, 0.15) is 32.1 Å². The summed E-state index contributed by atoms with van der Waals surface area (Å²) < 4.78 is 0.900. The Morgan fingerprint density at radius 3 is 2.81 bits per heavy atom. The zero-order valence-corrected chi connectivity index (χ0v) is 14.0. The molecule has 1 fully saturated rings. The molecule has 0 unspecified atom stereocenters. The molecule has 112 valence electrons. The van der Waals surface area contributed by atoms with Gasteiger partial charge in [-0.15, -0.1) is 0 Å². The predicted molar refractivity (Wildman–Crippen MR) is 91.0 cm³/mol. The number of hydrogen-bond acceptors (Lipinski definition) is 3. The van der Waals surface area contributed by atoms with Gasteiger partial charge in [0.15, 0.2) is 0 Å². The van der Waals surface area contributed by atoms with Gasteiger partial charge in [-0.05, 0) is 47.0 Å². The first-order valence-electron chi connectivity index (χ1n) is 7.27. The average molecular weight is 370 g/mol. The minimum absolute atomic E-state index is 0.563. The van der Waals surface area contributed by atoms with Gasteiger partial charge >= 0.3 is 0 Å². The topological polar surface area (TPSA) is 45.1 Å². The standard InChI is InChI=1S/C16H18BrClN2O/c17-13-9-19-14-8-11(18)4-5-12(14)15(13)20-10-16(21)6-2-1-3-7-16/h4-5,8-9,21H,1-3,6-7,10H2,(H,19,20). The quantitative estimate of drug-likeness (QED) is 0.820. The van der Waals surface area contributed by atoms with Gasteiger partial charge < -0.3 is 10.4 Å². The SMILES string of the molecule is OC1(CNc2c(Br)cnc3cc(Cl)ccc23)CCCCC1. The largest absolute Gasteiger partial charge is 0.388 e. The summed E-state index contributed by atoms with van der Waals surface area (Å²) in [7, 11) is 0. The molecule has 1 heterocycles. The van der Waals surface area contributed by atoms with E-state index in [1.165, 1.54) is 6.42 Å². The number of anilines is 1. The number of aliphatic hydroxyl groups is 1. The number of pyridine rings is 1. The molecule has 0 aliphatic heterocycles. The molecule has 3 rings (SSSR count). The summed E-state index contributed by atoms with van der Waals surface area (Å²) in [6, 6.07) is 5.67. The van der Waals surface area contributed by atoms with Crippen LogP contribution in [0.5, 0.6) is 0 Å². The van der Waals surface area contributed by atoms with E-state index in [9.17, 15) is 5.11 Å². The third kappa shape index (κ3) is 3.33. The molecular weight excluding hydrogens is 352 g/mol. The van der Waals surface area contributed by atoms with Crippen molar-refractivity contribution in [3.8, 4) is 0 Å². The van der Waals surface area contributed by atoms with Crippen molar-refractivity contribution in [1.82, 2.24) is 4.98 Å². The molecule has 0 bridgehead atoms. The van der Waals surface area contributed by atoms with E-state index >= 15 is 0 Å². The predicted octanol–water partition coefficient (Wildman–Crippen LogP) is 4.76. The molecular formula is C16H18BrClN2O. The highest BCUT2D eigenvalue weighted by Crippen LogP contribution is 2.33. The van der Waals surface area contributed by atoms with Crippen LogP contribution in [-0.2, 0) is 0 Å². The Bertz CT molecular complexity index is 656. The highest BCUT2D eigenvalue weighted by molar-refractivity contribution is 9.10.